The number of nitrogens with one attached hydrogen (secondary N) is 1. The zero-order chi connectivity index (χ0) is 21.8. The quantitative estimate of drug-likeness (QED) is 0.595. The van der Waals surface area contributed by atoms with Crippen LogP contribution in [0.5, 0.6) is 0 Å². The summed E-state index contributed by atoms with van der Waals surface area (Å²) in [6, 6.07) is 10.2. The van der Waals surface area contributed by atoms with Gasteiger partial charge in [0.1, 0.15) is 11.5 Å². The van der Waals surface area contributed by atoms with Gasteiger partial charge >= 0.3 is 0 Å². The fraction of sp³-hybridized carbons (Fsp3) is 0.417. The Balaban J connectivity index is 1.67. The fourth-order valence-electron chi connectivity index (χ4n) is 4.13. The summed E-state index contributed by atoms with van der Waals surface area (Å²) >= 11 is 0. The van der Waals surface area contributed by atoms with Gasteiger partial charge in [-0.25, -0.2) is 9.37 Å². The lowest BCUT2D eigenvalue weighted by atomic mass is 9.95. The average Bonchev–Trinajstić information content (AvgIpc) is 3.42. The first-order valence-electron chi connectivity index (χ1n) is 10.9. The molecule has 4 rings (SSSR count). The normalized spacial score (nSPS) is 14.8. The number of rotatable bonds is 7. The summed E-state index contributed by atoms with van der Waals surface area (Å²) in [5, 5.41) is 2.88. The van der Waals surface area contributed by atoms with Crippen LogP contribution in [-0.4, -0.2) is 47.5 Å². The molecule has 6 nitrogen and oxygen atoms in total. The Bertz CT molecular complexity index is 1020. The highest BCUT2D eigenvalue weighted by atomic mass is 19.1. The van der Waals surface area contributed by atoms with Crippen LogP contribution in [0.15, 0.2) is 47.1 Å². The second-order valence-electron chi connectivity index (χ2n) is 8.37. The minimum absolute atomic E-state index is 0.236. The van der Waals surface area contributed by atoms with E-state index in [1.54, 1.807) is 18.2 Å². The van der Waals surface area contributed by atoms with E-state index in [0.717, 1.165) is 36.3 Å². The molecular formula is C24H29FN4O2. The van der Waals surface area contributed by atoms with E-state index in [0.29, 0.717) is 18.3 Å². The third-order valence-electron chi connectivity index (χ3n) is 5.79. The minimum atomic E-state index is -0.285. The Hall–Kier alpha value is -2.93. The Labute approximate surface area is 182 Å². The number of aromatic nitrogens is 2. The Kier molecular flexibility index (Phi) is 6.51. The summed E-state index contributed by atoms with van der Waals surface area (Å²) in [5.41, 5.74) is 2.39. The van der Waals surface area contributed by atoms with E-state index in [2.05, 4.69) is 14.9 Å². The molecule has 3 aromatic rings. The van der Waals surface area contributed by atoms with Crippen LogP contribution in [0.4, 0.5) is 4.39 Å². The van der Waals surface area contributed by atoms with E-state index in [1.165, 1.54) is 31.4 Å². The highest BCUT2D eigenvalue weighted by Crippen LogP contribution is 2.38. The molecule has 0 unspecified atom stereocenters. The van der Waals surface area contributed by atoms with Crippen LogP contribution in [0.25, 0.3) is 22.7 Å². The van der Waals surface area contributed by atoms with E-state index in [-0.39, 0.29) is 17.5 Å². The minimum Gasteiger partial charge on any atom is -0.449 e. The molecule has 0 aliphatic heterocycles. The molecule has 1 saturated carbocycles. The number of benzene rings is 1. The van der Waals surface area contributed by atoms with Crippen molar-refractivity contribution < 1.29 is 13.6 Å². The topological polar surface area (TPSA) is 63.3 Å². The van der Waals surface area contributed by atoms with Gasteiger partial charge in [0.05, 0.1) is 12.0 Å². The van der Waals surface area contributed by atoms with Crippen LogP contribution < -0.4 is 5.32 Å². The molecule has 1 fully saturated rings. The number of likely N-dealkylation sites (N-methyl/N-ethyl adjacent to an activating group) is 1. The van der Waals surface area contributed by atoms with Gasteiger partial charge in [-0.3, -0.25) is 4.79 Å². The second kappa shape index (κ2) is 9.47. The van der Waals surface area contributed by atoms with Gasteiger partial charge in [-0.05, 0) is 63.3 Å². The standard InChI is InChI=1S/C24H29FN4O2/c1-28(2)15-14-26-24(30)21-13-12-20(31-21)23-22(17-8-10-18(25)11-9-17)27-16-29(23)19-6-4-3-5-7-19/h8-13,16,19H,3-7,14-15H2,1-2H3,(H,26,30). The number of hydrogen-bond donors (Lipinski definition) is 1. The summed E-state index contributed by atoms with van der Waals surface area (Å²) in [5.74, 6) is 0.349. The monoisotopic (exact) mass is 424 g/mol. The van der Waals surface area contributed by atoms with Gasteiger partial charge in [0.15, 0.2) is 11.5 Å². The van der Waals surface area contributed by atoms with Crippen molar-refractivity contribution in [2.45, 2.75) is 38.1 Å². The summed E-state index contributed by atoms with van der Waals surface area (Å²) < 4.78 is 21.6. The van der Waals surface area contributed by atoms with Gasteiger partial charge in [-0.2, -0.15) is 0 Å². The Morgan fingerprint density at radius 2 is 1.90 bits per heavy atom. The predicted molar refractivity (Wildman–Crippen MR) is 118 cm³/mol. The van der Waals surface area contributed by atoms with Crippen molar-refractivity contribution in [1.82, 2.24) is 19.8 Å². The summed E-state index contributed by atoms with van der Waals surface area (Å²) in [6.45, 7) is 1.30. The maximum atomic E-state index is 13.5. The lowest BCUT2D eigenvalue weighted by Gasteiger charge is -2.24. The van der Waals surface area contributed by atoms with Gasteiger partial charge in [0.2, 0.25) is 0 Å². The van der Waals surface area contributed by atoms with Crippen molar-refractivity contribution in [1.29, 1.82) is 0 Å². The molecule has 1 aliphatic carbocycles. The second-order valence-corrected chi connectivity index (χ2v) is 8.37. The van der Waals surface area contributed by atoms with Gasteiger partial charge < -0.3 is 19.2 Å². The van der Waals surface area contributed by atoms with Gasteiger partial charge in [0.25, 0.3) is 5.91 Å². The lowest BCUT2D eigenvalue weighted by molar-refractivity contribution is 0.0924. The molecule has 2 aromatic heterocycles. The van der Waals surface area contributed by atoms with Crippen LogP contribution in [0.1, 0.15) is 48.7 Å². The Morgan fingerprint density at radius 1 is 1.16 bits per heavy atom. The number of halogens is 1. The SMILES string of the molecule is CN(C)CCNC(=O)c1ccc(-c2c(-c3ccc(F)cc3)ncn2C2CCCCC2)o1. The molecular weight excluding hydrogens is 395 g/mol. The number of carbonyl (C=O) groups excluding carboxylic acids is 1. The number of imidazole rings is 1. The molecule has 1 aromatic carbocycles. The molecule has 0 bridgehead atoms. The summed E-state index contributed by atoms with van der Waals surface area (Å²) in [7, 11) is 3.92. The van der Waals surface area contributed by atoms with Gasteiger partial charge in [0, 0.05) is 24.7 Å². The smallest absolute Gasteiger partial charge is 0.287 e. The van der Waals surface area contributed by atoms with E-state index >= 15 is 0 Å². The molecule has 164 valence electrons. The predicted octanol–water partition coefficient (Wildman–Crippen LogP) is 4.75. The summed E-state index contributed by atoms with van der Waals surface area (Å²) in [6.07, 6.45) is 7.65. The molecule has 2 heterocycles. The van der Waals surface area contributed by atoms with Crippen molar-refractivity contribution in [3.63, 3.8) is 0 Å². The average molecular weight is 425 g/mol. The fourth-order valence-corrected chi connectivity index (χ4v) is 4.13. The number of furan rings is 1. The summed E-state index contributed by atoms with van der Waals surface area (Å²) in [4.78, 5) is 19.2. The Morgan fingerprint density at radius 3 is 2.61 bits per heavy atom. The molecule has 7 heteroatoms. The molecule has 0 saturated heterocycles. The highest BCUT2D eigenvalue weighted by molar-refractivity contribution is 5.92. The molecule has 31 heavy (non-hydrogen) atoms. The third kappa shape index (κ3) is 4.88. The van der Waals surface area contributed by atoms with E-state index in [9.17, 15) is 9.18 Å². The van der Waals surface area contributed by atoms with E-state index < -0.39 is 0 Å². The van der Waals surface area contributed by atoms with Crippen molar-refractivity contribution in [2.24, 2.45) is 0 Å². The number of hydrogen-bond acceptors (Lipinski definition) is 4. The molecule has 0 radical (unpaired) electrons. The van der Waals surface area contributed by atoms with Crippen molar-refractivity contribution in [3.8, 4) is 22.7 Å². The largest absolute Gasteiger partial charge is 0.449 e. The first-order chi connectivity index (χ1) is 15.0. The zero-order valence-corrected chi connectivity index (χ0v) is 18.1. The van der Waals surface area contributed by atoms with Crippen LogP contribution in [0.3, 0.4) is 0 Å². The van der Waals surface area contributed by atoms with E-state index in [4.69, 9.17) is 4.42 Å². The van der Waals surface area contributed by atoms with Gasteiger partial charge in [-0.15, -0.1) is 0 Å². The van der Waals surface area contributed by atoms with Crippen LogP contribution in [-0.2, 0) is 0 Å². The first-order valence-corrected chi connectivity index (χ1v) is 10.9. The van der Waals surface area contributed by atoms with Crippen molar-refractivity contribution in [2.75, 3.05) is 27.2 Å². The van der Waals surface area contributed by atoms with Crippen molar-refractivity contribution in [3.05, 3.63) is 54.3 Å². The molecule has 1 aliphatic rings. The molecule has 0 atom stereocenters. The van der Waals surface area contributed by atoms with Crippen molar-refractivity contribution >= 4 is 5.91 Å². The lowest BCUT2D eigenvalue weighted by Crippen LogP contribution is -2.31. The maximum Gasteiger partial charge on any atom is 0.287 e. The molecule has 0 spiro atoms. The van der Waals surface area contributed by atoms with Crippen LogP contribution in [0, 0.1) is 5.82 Å². The molecule has 1 N–H and O–H groups in total. The highest BCUT2D eigenvalue weighted by Gasteiger charge is 2.25. The van der Waals surface area contributed by atoms with Crippen LogP contribution >= 0.6 is 0 Å². The van der Waals surface area contributed by atoms with E-state index in [1.807, 2.05) is 31.4 Å². The maximum absolute atomic E-state index is 13.5. The first kappa shape index (κ1) is 21.3. The number of carbonyl (C=O) groups is 1. The zero-order valence-electron chi connectivity index (χ0n) is 18.1. The number of nitrogens with zero attached hydrogens (tertiary/aromatic N) is 3. The van der Waals surface area contributed by atoms with Gasteiger partial charge in [-0.1, -0.05) is 19.3 Å². The molecule has 1 amide bonds. The number of amides is 1. The third-order valence-corrected chi connectivity index (χ3v) is 5.79. The van der Waals surface area contributed by atoms with Crippen LogP contribution in [0.2, 0.25) is 0 Å².